The van der Waals surface area contributed by atoms with E-state index < -0.39 is 125 Å². The number of nitrogens with one attached hydrogen (secondary N) is 4. The minimum atomic E-state index is -4.80. The molecule has 4 aromatic rings. The van der Waals surface area contributed by atoms with Crippen molar-refractivity contribution >= 4 is 62.8 Å². The van der Waals surface area contributed by atoms with Crippen LogP contribution in [0.25, 0.3) is 11.2 Å². The van der Waals surface area contributed by atoms with Gasteiger partial charge in [0, 0.05) is 25.1 Å². The van der Waals surface area contributed by atoms with E-state index in [0.717, 1.165) is 4.57 Å². The standard InChI is InChI=1S/C45H62N11O14PSi/c1-26(50-43(62)68-44(3,4)5)39(59)53-34-31(23-65-71(63,64-20-14-18-46)69-29-21-33(66-30(29)22-57)55-19-17-32(51-27(2)58)52-42(55)61)67-41(36(34)70-72(9,10)45(6,7)8)56-25-49-35-37(47-24-48-38(35)56)54-40(60)28-15-12-11-13-16-28/h11-13,15-17,19,24-26,29-31,33-34,36,41,57H,14,20-23H2,1-10H3,(H,50,62)(H,53,59)(H,47,48,54,60)(H,51,52,58,61)/t26-,29-,30+,31+,33+,34+,36+,41+,71?/m0/s1. The van der Waals surface area contributed by atoms with Crippen molar-refractivity contribution in [3.8, 4) is 6.07 Å². The van der Waals surface area contributed by atoms with Gasteiger partial charge < -0.3 is 45.0 Å². The van der Waals surface area contributed by atoms with Crippen molar-refractivity contribution in [2.75, 3.05) is 30.5 Å². The lowest BCUT2D eigenvalue weighted by molar-refractivity contribution is -0.124. The van der Waals surface area contributed by atoms with Crippen LogP contribution in [0.3, 0.4) is 0 Å². The molecule has 390 valence electrons. The number of benzene rings is 1. The highest BCUT2D eigenvalue weighted by Crippen LogP contribution is 2.54. The van der Waals surface area contributed by atoms with Crippen molar-refractivity contribution < 1.29 is 61.1 Å². The highest BCUT2D eigenvalue weighted by atomic mass is 31.2. The van der Waals surface area contributed by atoms with Gasteiger partial charge in [-0.3, -0.25) is 37.1 Å². The number of carbonyl (C=O) groups is 4. The second-order valence-corrected chi connectivity index (χ2v) is 25.9. The number of fused-ring (bicyclic) bond motifs is 1. The molecule has 4 amide bonds. The molecule has 2 aliphatic heterocycles. The van der Waals surface area contributed by atoms with Crippen LogP contribution in [0.4, 0.5) is 16.4 Å². The maximum Gasteiger partial charge on any atom is 0.475 e. The van der Waals surface area contributed by atoms with Gasteiger partial charge in [0.15, 0.2) is 31.5 Å². The normalized spacial score (nSPS) is 22.6. The van der Waals surface area contributed by atoms with E-state index in [1.807, 2.05) is 39.9 Å². The number of rotatable bonds is 19. The minimum absolute atomic E-state index is 0.000192. The van der Waals surface area contributed by atoms with E-state index in [0.29, 0.717) is 5.56 Å². The lowest BCUT2D eigenvalue weighted by atomic mass is 10.1. The maximum absolute atomic E-state index is 14.8. The largest absolute Gasteiger partial charge is 0.475 e. The number of amides is 4. The summed E-state index contributed by atoms with van der Waals surface area (Å²) in [5.41, 5.74) is -0.915. The molecule has 0 saturated carbocycles. The number of hydrogen-bond donors (Lipinski definition) is 5. The van der Waals surface area contributed by atoms with Crippen LogP contribution in [0.15, 0.2) is 60.0 Å². The van der Waals surface area contributed by atoms with Crippen molar-refractivity contribution in [2.24, 2.45) is 0 Å². The summed E-state index contributed by atoms with van der Waals surface area (Å²) >= 11 is 0. The van der Waals surface area contributed by atoms with E-state index in [4.69, 9.17) is 32.2 Å². The van der Waals surface area contributed by atoms with E-state index in [1.165, 1.54) is 38.8 Å². The van der Waals surface area contributed by atoms with Gasteiger partial charge in [-0.15, -0.1) is 0 Å². The van der Waals surface area contributed by atoms with E-state index in [1.54, 1.807) is 55.7 Å². The predicted molar refractivity (Wildman–Crippen MR) is 259 cm³/mol. The summed E-state index contributed by atoms with van der Waals surface area (Å²) in [5.74, 6) is -1.49. The quantitative estimate of drug-likeness (QED) is 0.0483. The molecule has 2 saturated heterocycles. The third kappa shape index (κ3) is 13.7. The van der Waals surface area contributed by atoms with Crippen molar-refractivity contribution in [3.63, 3.8) is 0 Å². The van der Waals surface area contributed by atoms with Gasteiger partial charge in [-0.2, -0.15) is 10.2 Å². The van der Waals surface area contributed by atoms with E-state index in [-0.39, 0.29) is 35.6 Å². The van der Waals surface area contributed by atoms with Gasteiger partial charge in [0.2, 0.25) is 11.8 Å². The molecule has 5 heterocycles. The first-order chi connectivity index (χ1) is 33.8. The SMILES string of the molecule is CC(=O)Nc1ccn([C@H]2C[C@H](OP(=O)(OCCC#N)OC[C@H]3O[C@@H](n4cnc5c(NC(=O)c6ccccc6)ncnc54)[C@H](O[Si](C)(C)C(C)(C)C)[C@@H]3NC(=O)[C@H](C)NC(=O)OC(C)(C)C)[C@@H](CO)O2)c(=O)n1. The molecular weight excluding hydrogens is 978 g/mol. The molecule has 72 heavy (non-hydrogen) atoms. The number of carbonyl (C=O) groups excluding carboxylic acids is 4. The first-order valence-corrected chi connectivity index (χ1v) is 27.4. The number of imidazole rings is 1. The Morgan fingerprint density at radius 2 is 1.72 bits per heavy atom. The Morgan fingerprint density at radius 1 is 1.00 bits per heavy atom. The third-order valence-electron chi connectivity index (χ3n) is 11.9. The third-order valence-corrected chi connectivity index (χ3v) is 17.8. The molecule has 2 aliphatic rings. The lowest BCUT2D eigenvalue weighted by Crippen LogP contribution is -2.57. The number of aromatic nitrogens is 6. The highest BCUT2D eigenvalue weighted by molar-refractivity contribution is 7.48. The summed E-state index contributed by atoms with van der Waals surface area (Å²) in [6.45, 7) is 16.1. The molecule has 2 fully saturated rings. The monoisotopic (exact) mass is 1040 g/mol. The van der Waals surface area contributed by atoms with Crippen LogP contribution < -0.4 is 27.0 Å². The molecule has 27 heteroatoms. The number of phosphoric acid groups is 1. The van der Waals surface area contributed by atoms with Gasteiger partial charge in [0.1, 0.15) is 54.4 Å². The van der Waals surface area contributed by atoms with E-state index in [9.17, 15) is 38.9 Å². The zero-order valence-electron chi connectivity index (χ0n) is 41.7. The van der Waals surface area contributed by atoms with Crippen LogP contribution in [0.1, 0.15) is 91.0 Å². The average molecular weight is 1040 g/mol. The van der Waals surface area contributed by atoms with Crippen molar-refractivity contribution in [1.82, 2.24) is 39.7 Å². The van der Waals surface area contributed by atoms with Crippen LogP contribution >= 0.6 is 7.82 Å². The molecule has 1 unspecified atom stereocenters. The number of aliphatic hydroxyl groups excluding tert-OH is 1. The van der Waals surface area contributed by atoms with Gasteiger partial charge in [-0.1, -0.05) is 39.0 Å². The fraction of sp³-hybridized carbons (Fsp3) is 0.556. The van der Waals surface area contributed by atoms with Crippen molar-refractivity contribution in [2.45, 2.75) is 141 Å². The molecule has 0 radical (unpaired) electrons. The predicted octanol–water partition coefficient (Wildman–Crippen LogP) is 4.70. The Balaban J connectivity index is 1.36. The highest BCUT2D eigenvalue weighted by Gasteiger charge is 2.53. The fourth-order valence-corrected chi connectivity index (χ4v) is 10.0. The summed E-state index contributed by atoms with van der Waals surface area (Å²) in [4.78, 5) is 82.1. The zero-order valence-corrected chi connectivity index (χ0v) is 43.6. The summed E-state index contributed by atoms with van der Waals surface area (Å²) in [5, 5.41) is 30.1. The topological polar surface area (TPSA) is 321 Å². The lowest BCUT2D eigenvalue weighted by Gasteiger charge is -2.41. The zero-order chi connectivity index (χ0) is 52.8. The molecule has 3 aromatic heterocycles. The number of nitriles is 1. The van der Waals surface area contributed by atoms with Crippen LogP contribution in [0.2, 0.25) is 18.1 Å². The molecule has 25 nitrogen and oxygen atoms in total. The number of phosphoric ester groups is 1. The molecule has 0 spiro atoms. The first-order valence-electron chi connectivity index (χ1n) is 23.1. The van der Waals surface area contributed by atoms with E-state index >= 15 is 0 Å². The van der Waals surface area contributed by atoms with Gasteiger partial charge in [-0.25, -0.2) is 29.1 Å². The molecule has 0 aliphatic carbocycles. The number of ether oxygens (including phenoxy) is 3. The number of anilines is 2. The van der Waals surface area contributed by atoms with E-state index in [2.05, 4.69) is 41.2 Å². The minimum Gasteiger partial charge on any atom is -0.444 e. The maximum atomic E-state index is 14.8. The molecular formula is C45H62N11O14PSi. The fourth-order valence-electron chi connectivity index (χ4n) is 7.32. The first kappa shape index (κ1) is 55.3. The van der Waals surface area contributed by atoms with Gasteiger partial charge in [0.05, 0.1) is 44.7 Å². The molecule has 0 bridgehead atoms. The number of alkyl carbamates (subject to hydrolysis) is 1. The van der Waals surface area contributed by atoms with Crippen LogP contribution in [-0.4, -0.2) is 128 Å². The van der Waals surface area contributed by atoms with Gasteiger partial charge >= 0.3 is 19.6 Å². The Kier molecular flexibility index (Phi) is 17.5. The molecule has 1 aromatic carbocycles. The summed E-state index contributed by atoms with van der Waals surface area (Å²) in [6.07, 6.45) is -4.29. The Bertz CT molecular complexity index is 2740. The Morgan fingerprint density at radius 3 is 2.36 bits per heavy atom. The summed E-state index contributed by atoms with van der Waals surface area (Å²) < 4.78 is 60.4. The van der Waals surface area contributed by atoms with Gasteiger partial charge in [0.25, 0.3) is 5.91 Å². The molecule has 5 N–H and O–H groups in total. The average Bonchev–Trinajstić information content (AvgIpc) is 4.00. The van der Waals surface area contributed by atoms with Crippen molar-refractivity contribution in [3.05, 3.63) is 71.3 Å². The van der Waals surface area contributed by atoms with Crippen molar-refractivity contribution in [1.29, 1.82) is 5.26 Å². The smallest absolute Gasteiger partial charge is 0.444 e. The second kappa shape index (κ2) is 22.8. The summed E-state index contributed by atoms with van der Waals surface area (Å²) in [6, 6.07) is 9.44. The van der Waals surface area contributed by atoms with Crippen LogP contribution in [0.5, 0.6) is 0 Å². The molecule has 6 rings (SSSR count). The number of hydrogen-bond acceptors (Lipinski definition) is 19. The number of aliphatic hydroxyl groups is 1. The van der Waals surface area contributed by atoms with Crippen LogP contribution in [-0.2, 0) is 46.4 Å². The van der Waals surface area contributed by atoms with Crippen LogP contribution in [0, 0.1) is 11.3 Å². The molecule has 9 atom stereocenters. The summed E-state index contributed by atoms with van der Waals surface area (Å²) in [7, 11) is -7.63. The van der Waals surface area contributed by atoms with Gasteiger partial charge in [-0.05, 0) is 64.0 Å². The second-order valence-electron chi connectivity index (χ2n) is 19.5. The number of nitrogens with zero attached hydrogens (tertiary/aromatic N) is 7. The Hall–Kier alpha value is -6.01. The Labute approximate surface area is 416 Å².